The Morgan fingerprint density at radius 3 is 1.88 bits per heavy atom. The van der Waals surface area contributed by atoms with Crippen LogP contribution in [-0.4, -0.2) is 65.6 Å². The largest absolute Gasteiger partial charge is 0.382 e. The lowest BCUT2D eigenvalue weighted by molar-refractivity contribution is -0.245. The fourth-order valence-electron chi connectivity index (χ4n) is 2.27. The van der Waals surface area contributed by atoms with Crippen molar-refractivity contribution in [2.75, 3.05) is 35.0 Å². The molecule has 1 heterocycles. The van der Waals surface area contributed by atoms with Crippen LogP contribution in [-0.2, 0) is 23.7 Å². The summed E-state index contributed by atoms with van der Waals surface area (Å²) in [5.41, 5.74) is 0. The number of rotatable bonds is 5. The van der Waals surface area contributed by atoms with E-state index in [0.717, 1.165) is 0 Å². The highest BCUT2D eigenvalue weighted by Gasteiger charge is 2.45. The van der Waals surface area contributed by atoms with E-state index in [1.165, 1.54) is 0 Å². The molecule has 0 amide bonds. The van der Waals surface area contributed by atoms with Gasteiger partial charge in [0.1, 0.15) is 24.4 Å². The van der Waals surface area contributed by atoms with E-state index in [9.17, 15) is 0 Å². The summed E-state index contributed by atoms with van der Waals surface area (Å²) in [4.78, 5) is 0. The molecular formula is C11H22O5. The van der Waals surface area contributed by atoms with Crippen molar-refractivity contribution in [2.45, 2.75) is 37.4 Å². The van der Waals surface area contributed by atoms with E-state index >= 15 is 0 Å². The Balaban J connectivity index is 2.78. The van der Waals surface area contributed by atoms with Crippen molar-refractivity contribution in [3.63, 3.8) is 0 Å². The van der Waals surface area contributed by atoms with Crippen LogP contribution in [0.25, 0.3) is 0 Å². The molecule has 0 aromatic carbocycles. The van der Waals surface area contributed by atoms with Gasteiger partial charge in [-0.15, -0.1) is 0 Å². The molecule has 0 aliphatic carbocycles. The molecule has 0 bridgehead atoms. The molecule has 16 heavy (non-hydrogen) atoms. The molecule has 0 aromatic rings. The fourth-order valence-corrected chi connectivity index (χ4v) is 2.27. The van der Waals surface area contributed by atoms with E-state index in [1.54, 1.807) is 28.4 Å². The van der Waals surface area contributed by atoms with Crippen LogP contribution in [0.5, 0.6) is 0 Å². The van der Waals surface area contributed by atoms with Crippen LogP contribution < -0.4 is 0 Å². The van der Waals surface area contributed by atoms with Crippen LogP contribution in [0.1, 0.15) is 6.92 Å². The molecule has 4 unspecified atom stereocenters. The second-order valence-corrected chi connectivity index (χ2v) is 3.94. The first-order chi connectivity index (χ1) is 7.69. The Morgan fingerprint density at radius 2 is 1.44 bits per heavy atom. The van der Waals surface area contributed by atoms with Crippen LogP contribution in [0, 0.1) is 0 Å². The van der Waals surface area contributed by atoms with Gasteiger partial charge in [0.25, 0.3) is 0 Å². The summed E-state index contributed by atoms with van der Waals surface area (Å²) in [6.07, 6.45) is -0.601. The maximum Gasteiger partial charge on any atom is 0.114 e. The summed E-state index contributed by atoms with van der Waals surface area (Å²) in [7, 11) is 6.60. The van der Waals surface area contributed by atoms with Crippen LogP contribution in [0.15, 0.2) is 0 Å². The normalized spacial score (nSPS) is 39.9. The average molecular weight is 234 g/mol. The molecule has 0 N–H and O–H groups in total. The van der Waals surface area contributed by atoms with Crippen molar-refractivity contribution in [1.82, 2.24) is 0 Å². The quantitative estimate of drug-likeness (QED) is 0.692. The van der Waals surface area contributed by atoms with E-state index in [0.29, 0.717) is 6.61 Å². The Kier molecular flexibility index (Phi) is 5.64. The minimum absolute atomic E-state index is 0.0403. The zero-order valence-electron chi connectivity index (χ0n) is 10.6. The Hall–Kier alpha value is -0.200. The predicted octanol–water partition coefficient (Wildman–Crippen LogP) is 0.465. The Labute approximate surface area is 97.0 Å². The topological polar surface area (TPSA) is 46.2 Å². The third-order valence-corrected chi connectivity index (χ3v) is 3.01. The number of ether oxygens (including phenoxy) is 5. The molecule has 0 radical (unpaired) electrons. The van der Waals surface area contributed by atoms with Gasteiger partial charge in [0.15, 0.2) is 0 Å². The molecule has 0 aromatic heterocycles. The summed E-state index contributed by atoms with van der Waals surface area (Å²) in [6, 6.07) is 0. The Bertz CT molecular complexity index is 199. The van der Waals surface area contributed by atoms with E-state index < -0.39 is 0 Å². The van der Waals surface area contributed by atoms with Crippen molar-refractivity contribution >= 4 is 0 Å². The van der Waals surface area contributed by atoms with Gasteiger partial charge in [-0.3, -0.25) is 0 Å². The zero-order chi connectivity index (χ0) is 12.1. The number of hydrogen-bond donors (Lipinski definition) is 0. The van der Waals surface area contributed by atoms with Crippen LogP contribution in [0.4, 0.5) is 0 Å². The van der Waals surface area contributed by atoms with Crippen LogP contribution in [0.2, 0.25) is 0 Å². The minimum atomic E-state index is -0.175. The highest BCUT2D eigenvalue weighted by Crippen LogP contribution is 2.26. The maximum absolute atomic E-state index is 5.81. The molecule has 1 rings (SSSR count). The molecule has 0 spiro atoms. The molecule has 5 atom stereocenters. The van der Waals surface area contributed by atoms with Gasteiger partial charge >= 0.3 is 0 Å². The summed E-state index contributed by atoms with van der Waals surface area (Å²) in [5.74, 6) is 0. The standard InChI is InChI=1S/C11H22O5/c1-7-9(13-3)11(15-5)10(14-4)8(16-7)6-12-2/h7-11H,6H2,1-5H3/t7?,8?,9?,10-,11?/m0/s1. The first-order valence-corrected chi connectivity index (χ1v) is 5.42. The lowest BCUT2D eigenvalue weighted by Gasteiger charge is -2.43. The summed E-state index contributed by atoms with van der Waals surface area (Å²) in [5, 5.41) is 0. The summed E-state index contributed by atoms with van der Waals surface area (Å²) in [6.45, 7) is 2.45. The van der Waals surface area contributed by atoms with Gasteiger partial charge in [-0.1, -0.05) is 0 Å². The van der Waals surface area contributed by atoms with Crippen molar-refractivity contribution in [2.24, 2.45) is 0 Å². The number of methoxy groups -OCH3 is 4. The first-order valence-electron chi connectivity index (χ1n) is 5.42. The molecule has 1 saturated heterocycles. The highest BCUT2D eigenvalue weighted by molar-refractivity contribution is 4.93. The van der Waals surface area contributed by atoms with Gasteiger partial charge in [0.2, 0.25) is 0 Å². The first kappa shape index (κ1) is 13.9. The smallest absolute Gasteiger partial charge is 0.114 e. The van der Waals surface area contributed by atoms with Crippen molar-refractivity contribution in [1.29, 1.82) is 0 Å². The third kappa shape index (κ3) is 2.73. The van der Waals surface area contributed by atoms with Gasteiger partial charge in [0.05, 0.1) is 12.7 Å². The van der Waals surface area contributed by atoms with Crippen LogP contribution in [0.3, 0.4) is 0 Å². The fraction of sp³-hybridized carbons (Fsp3) is 1.00. The average Bonchev–Trinajstić information content (AvgIpc) is 2.28. The third-order valence-electron chi connectivity index (χ3n) is 3.01. The van der Waals surface area contributed by atoms with Crippen LogP contribution >= 0.6 is 0 Å². The van der Waals surface area contributed by atoms with E-state index in [2.05, 4.69) is 0 Å². The van der Waals surface area contributed by atoms with Crippen molar-refractivity contribution in [3.05, 3.63) is 0 Å². The van der Waals surface area contributed by atoms with E-state index in [-0.39, 0.29) is 30.5 Å². The van der Waals surface area contributed by atoms with E-state index in [1.807, 2.05) is 6.92 Å². The lowest BCUT2D eigenvalue weighted by Crippen LogP contribution is -2.59. The van der Waals surface area contributed by atoms with Crippen molar-refractivity contribution < 1.29 is 23.7 Å². The molecule has 96 valence electrons. The van der Waals surface area contributed by atoms with Gasteiger partial charge in [-0.25, -0.2) is 0 Å². The maximum atomic E-state index is 5.81. The Morgan fingerprint density at radius 1 is 0.875 bits per heavy atom. The molecular weight excluding hydrogens is 212 g/mol. The van der Waals surface area contributed by atoms with Gasteiger partial charge in [0, 0.05) is 28.4 Å². The SMILES string of the molecule is COCC1OC(C)C(OC)C(OC)[C@H]1OC. The van der Waals surface area contributed by atoms with Gasteiger partial charge < -0.3 is 23.7 Å². The molecule has 5 nitrogen and oxygen atoms in total. The zero-order valence-corrected chi connectivity index (χ0v) is 10.6. The molecule has 0 saturated carbocycles. The highest BCUT2D eigenvalue weighted by atomic mass is 16.6. The molecule has 5 heteroatoms. The van der Waals surface area contributed by atoms with Crippen molar-refractivity contribution in [3.8, 4) is 0 Å². The van der Waals surface area contributed by atoms with Gasteiger partial charge in [-0.2, -0.15) is 0 Å². The number of hydrogen-bond acceptors (Lipinski definition) is 5. The lowest BCUT2D eigenvalue weighted by atomic mass is 9.95. The molecule has 1 fully saturated rings. The molecule has 1 aliphatic rings. The van der Waals surface area contributed by atoms with E-state index in [4.69, 9.17) is 23.7 Å². The van der Waals surface area contributed by atoms with Gasteiger partial charge in [-0.05, 0) is 6.92 Å². The molecule has 1 aliphatic heterocycles. The minimum Gasteiger partial charge on any atom is -0.382 e. The second kappa shape index (κ2) is 6.51. The predicted molar refractivity (Wildman–Crippen MR) is 58.6 cm³/mol. The monoisotopic (exact) mass is 234 g/mol. The summed E-state index contributed by atoms with van der Waals surface area (Å²) >= 11 is 0. The second-order valence-electron chi connectivity index (χ2n) is 3.94. The summed E-state index contributed by atoms with van der Waals surface area (Å²) < 4.78 is 27.2.